The molecule has 0 aliphatic heterocycles. The fraction of sp³-hybridized carbons (Fsp3) is 0.900. The van der Waals surface area contributed by atoms with E-state index < -0.39 is 48.1 Å². The summed E-state index contributed by atoms with van der Waals surface area (Å²) in [5.41, 5.74) is 0. The van der Waals surface area contributed by atoms with E-state index in [4.69, 9.17) is 5.26 Å². The maximum absolute atomic E-state index is 13.1. The Kier molecular flexibility index (Phi) is 5.49. The Morgan fingerprint density at radius 2 is 1.00 bits per heavy atom. The Balaban J connectivity index is 6.16. The van der Waals surface area contributed by atoms with Crippen LogP contribution in [0, 0.1) is 17.2 Å². The summed E-state index contributed by atoms with van der Waals surface area (Å²) < 4.78 is 164. The standard InChI is InChI=1S/C10H6F13N/c1-4(3-24)2-5(11,12)6(13,14)7(15,16)8(17,18)9(19,20)10(21,22)23/h4H,2H2,1H3. The Morgan fingerprint density at radius 3 is 1.29 bits per heavy atom. The highest BCUT2D eigenvalue weighted by molar-refractivity contribution is 5.10. The molecule has 0 aromatic carbocycles. The molecule has 0 aromatic rings. The molecule has 0 spiro atoms. The molecular formula is C10H6F13N. The molecule has 1 unspecified atom stereocenters. The van der Waals surface area contributed by atoms with Crippen molar-refractivity contribution in [1.29, 1.82) is 5.26 Å². The topological polar surface area (TPSA) is 23.8 Å². The second kappa shape index (κ2) is 5.83. The molecule has 0 aliphatic carbocycles. The molecule has 0 radical (unpaired) electrons. The van der Waals surface area contributed by atoms with Crippen LogP contribution in [0.5, 0.6) is 0 Å². The third kappa shape index (κ3) is 3.08. The maximum Gasteiger partial charge on any atom is 0.460 e. The van der Waals surface area contributed by atoms with Gasteiger partial charge in [-0.2, -0.15) is 62.3 Å². The van der Waals surface area contributed by atoms with Gasteiger partial charge in [0.05, 0.1) is 6.07 Å². The Bertz CT molecular complexity index is 498. The van der Waals surface area contributed by atoms with Gasteiger partial charge >= 0.3 is 35.8 Å². The van der Waals surface area contributed by atoms with E-state index in [9.17, 15) is 57.1 Å². The molecule has 14 heteroatoms. The monoisotopic (exact) mass is 387 g/mol. The van der Waals surface area contributed by atoms with Crippen molar-refractivity contribution < 1.29 is 57.1 Å². The minimum Gasteiger partial charge on any atom is -0.200 e. The number of hydrogen-bond donors (Lipinski definition) is 0. The minimum absolute atomic E-state index is 0.477. The summed E-state index contributed by atoms with van der Waals surface area (Å²) in [4.78, 5) is 0. The summed E-state index contributed by atoms with van der Waals surface area (Å²) in [5.74, 6) is -39.1. The van der Waals surface area contributed by atoms with Crippen LogP contribution in [0.2, 0.25) is 0 Å². The first-order chi connectivity index (χ1) is 10.2. The Labute approximate surface area is 125 Å². The van der Waals surface area contributed by atoms with Gasteiger partial charge in [0.25, 0.3) is 0 Å². The van der Waals surface area contributed by atoms with E-state index in [1.807, 2.05) is 0 Å². The van der Waals surface area contributed by atoms with Crippen molar-refractivity contribution in [3.63, 3.8) is 0 Å². The van der Waals surface area contributed by atoms with Crippen LogP contribution in [0.1, 0.15) is 13.3 Å². The van der Waals surface area contributed by atoms with Crippen molar-refractivity contribution in [3.8, 4) is 6.07 Å². The summed E-state index contributed by atoms with van der Waals surface area (Å²) in [6, 6.07) is 0.864. The van der Waals surface area contributed by atoms with Gasteiger partial charge in [-0.3, -0.25) is 0 Å². The molecule has 1 nitrogen and oxygen atoms in total. The zero-order chi connectivity index (χ0) is 20.0. The molecule has 0 saturated heterocycles. The molecule has 0 heterocycles. The van der Waals surface area contributed by atoms with Gasteiger partial charge in [-0.05, 0) is 6.92 Å². The van der Waals surface area contributed by atoms with E-state index in [0.29, 0.717) is 6.92 Å². The highest BCUT2D eigenvalue weighted by atomic mass is 19.4. The highest BCUT2D eigenvalue weighted by Crippen LogP contribution is 2.60. The van der Waals surface area contributed by atoms with Crippen LogP contribution in [0.25, 0.3) is 0 Å². The van der Waals surface area contributed by atoms with Crippen LogP contribution in [-0.2, 0) is 0 Å². The number of hydrogen-bond acceptors (Lipinski definition) is 1. The fourth-order valence-corrected chi connectivity index (χ4v) is 1.36. The first kappa shape index (κ1) is 22.6. The van der Waals surface area contributed by atoms with Crippen molar-refractivity contribution in [1.82, 2.24) is 0 Å². The summed E-state index contributed by atoms with van der Waals surface area (Å²) in [6.45, 7) is 0.477. The lowest BCUT2D eigenvalue weighted by Gasteiger charge is -2.39. The van der Waals surface area contributed by atoms with Gasteiger partial charge in [0.1, 0.15) is 0 Å². The van der Waals surface area contributed by atoms with Gasteiger partial charge in [0.2, 0.25) is 0 Å². The van der Waals surface area contributed by atoms with Gasteiger partial charge in [-0.1, -0.05) is 0 Å². The lowest BCUT2D eigenvalue weighted by atomic mass is 9.90. The molecule has 0 bridgehead atoms. The number of nitriles is 1. The third-order valence-corrected chi connectivity index (χ3v) is 2.78. The molecule has 1 atom stereocenters. The van der Waals surface area contributed by atoms with Gasteiger partial charge < -0.3 is 0 Å². The minimum atomic E-state index is -7.90. The zero-order valence-corrected chi connectivity index (χ0v) is 11.1. The predicted octanol–water partition coefficient (Wildman–Crippen LogP) is 5.27. The van der Waals surface area contributed by atoms with Crippen molar-refractivity contribution >= 4 is 0 Å². The fourth-order valence-electron chi connectivity index (χ4n) is 1.36. The molecule has 0 aliphatic rings. The highest BCUT2D eigenvalue weighted by Gasteiger charge is 2.90. The first-order valence-corrected chi connectivity index (χ1v) is 5.56. The van der Waals surface area contributed by atoms with Gasteiger partial charge in [0, 0.05) is 12.3 Å². The molecule has 0 N–H and O–H groups in total. The van der Waals surface area contributed by atoms with Crippen molar-refractivity contribution in [2.24, 2.45) is 5.92 Å². The van der Waals surface area contributed by atoms with E-state index in [1.165, 1.54) is 0 Å². The van der Waals surface area contributed by atoms with Crippen molar-refractivity contribution in [2.75, 3.05) is 0 Å². The second-order valence-electron chi connectivity index (χ2n) is 4.73. The van der Waals surface area contributed by atoms with Crippen molar-refractivity contribution in [3.05, 3.63) is 0 Å². The number of alkyl halides is 13. The van der Waals surface area contributed by atoms with E-state index in [2.05, 4.69) is 0 Å². The van der Waals surface area contributed by atoms with E-state index in [0.717, 1.165) is 6.07 Å². The van der Waals surface area contributed by atoms with Crippen LogP contribution >= 0.6 is 0 Å². The van der Waals surface area contributed by atoms with Crippen LogP contribution < -0.4 is 0 Å². The smallest absolute Gasteiger partial charge is 0.200 e. The van der Waals surface area contributed by atoms with Gasteiger partial charge in [-0.15, -0.1) is 0 Å². The molecule has 142 valence electrons. The summed E-state index contributed by atoms with van der Waals surface area (Å²) >= 11 is 0. The van der Waals surface area contributed by atoms with Crippen LogP contribution in [0.15, 0.2) is 0 Å². The summed E-state index contributed by atoms with van der Waals surface area (Å²) in [7, 11) is 0. The average Bonchev–Trinajstić information content (AvgIpc) is 2.35. The summed E-state index contributed by atoms with van der Waals surface area (Å²) in [6.07, 6.45) is -9.91. The maximum atomic E-state index is 13.1. The normalized spacial score (nSPS) is 16.7. The van der Waals surface area contributed by atoms with E-state index >= 15 is 0 Å². The van der Waals surface area contributed by atoms with Crippen molar-refractivity contribution in [2.45, 2.75) is 49.1 Å². The predicted molar refractivity (Wildman–Crippen MR) is 50.2 cm³/mol. The molecule has 0 aromatic heterocycles. The van der Waals surface area contributed by atoms with Crippen LogP contribution in [0.4, 0.5) is 57.1 Å². The lowest BCUT2D eigenvalue weighted by molar-refractivity contribution is -0.440. The SMILES string of the molecule is CC(C#N)CC(F)(F)C(F)(F)C(F)(F)C(F)(F)C(F)(F)C(F)(F)F. The zero-order valence-electron chi connectivity index (χ0n) is 11.1. The number of rotatable bonds is 6. The van der Waals surface area contributed by atoms with E-state index in [1.54, 1.807) is 0 Å². The van der Waals surface area contributed by atoms with Gasteiger partial charge in [0.15, 0.2) is 0 Å². The van der Waals surface area contributed by atoms with Gasteiger partial charge in [-0.25, -0.2) is 0 Å². The molecule has 24 heavy (non-hydrogen) atoms. The molecule has 0 saturated carbocycles. The quantitative estimate of drug-likeness (QED) is 0.570. The first-order valence-electron chi connectivity index (χ1n) is 5.56. The third-order valence-electron chi connectivity index (χ3n) is 2.78. The van der Waals surface area contributed by atoms with Crippen LogP contribution in [0.3, 0.4) is 0 Å². The molecule has 0 amide bonds. The Morgan fingerprint density at radius 1 is 0.667 bits per heavy atom. The molecule has 0 fully saturated rings. The number of halogens is 13. The average molecular weight is 387 g/mol. The van der Waals surface area contributed by atoms with Crippen LogP contribution in [-0.4, -0.2) is 35.8 Å². The largest absolute Gasteiger partial charge is 0.460 e. The lowest BCUT2D eigenvalue weighted by Crippen LogP contribution is -2.70. The Hall–Kier alpha value is -1.42. The second-order valence-corrected chi connectivity index (χ2v) is 4.73. The summed E-state index contributed by atoms with van der Waals surface area (Å²) in [5, 5.41) is 8.13. The molecular weight excluding hydrogens is 381 g/mol. The number of nitrogens with zero attached hydrogens (tertiary/aromatic N) is 1. The molecule has 0 rings (SSSR count). The van der Waals surface area contributed by atoms with E-state index in [-0.39, 0.29) is 0 Å².